The molecule has 0 saturated carbocycles. The average Bonchev–Trinajstić information content (AvgIpc) is 2.56. The molecular formula is C18H29N3O3. The van der Waals surface area contributed by atoms with E-state index in [1.807, 2.05) is 24.3 Å². The third kappa shape index (κ3) is 6.37. The Balaban J connectivity index is 1.81. The van der Waals surface area contributed by atoms with Crippen LogP contribution in [0.5, 0.6) is 5.75 Å². The van der Waals surface area contributed by atoms with Crippen LogP contribution in [0.3, 0.4) is 0 Å². The molecule has 0 aromatic heterocycles. The summed E-state index contributed by atoms with van der Waals surface area (Å²) in [6.45, 7) is 11.7. The lowest BCUT2D eigenvalue weighted by Crippen LogP contribution is -2.45. The lowest BCUT2D eigenvalue weighted by Gasteiger charge is -2.32. The Kier molecular flexibility index (Phi) is 6.87. The van der Waals surface area contributed by atoms with E-state index in [2.05, 4.69) is 29.4 Å². The van der Waals surface area contributed by atoms with Crippen molar-refractivity contribution in [3.63, 3.8) is 0 Å². The molecule has 0 spiro atoms. The minimum atomic E-state index is -0.442. The molecule has 1 aromatic rings. The molecule has 1 aliphatic rings. The number of benzene rings is 1. The van der Waals surface area contributed by atoms with Crippen LogP contribution in [-0.2, 0) is 4.74 Å². The van der Waals surface area contributed by atoms with E-state index >= 15 is 0 Å². The summed E-state index contributed by atoms with van der Waals surface area (Å²) in [5, 5.41) is 6.04. The van der Waals surface area contributed by atoms with Crippen molar-refractivity contribution < 1.29 is 14.3 Å². The number of carbonyl (C=O) groups excluding carboxylic acids is 1. The van der Waals surface area contributed by atoms with Gasteiger partial charge in [0.25, 0.3) is 0 Å². The summed E-state index contributed by atoms with van der Waals surface area (Å²) in [4.78, 5) is 13.9. The molecule has 1 aliphatic heterocycles. The Morgan fingerprint density at radius 2 is 1.92 bits per heavy atom. The van der Waals surface area contributed by atoms with Crippen molar-refractivity contribution in [2.75, 3.05) is 44.6 Å². The summed E-state index contributed by atoms with van der Waals surface area (Å²) in [6.07, 6.45) is 0.526. The van der Waals surface area contributed by atoms with Gasteiger partial charge in [-0.3, -0.25) is 5.32 Å². The van der Waals surface area contributed by atoms with Gasteiger partial charge >= 0.3 is 6.09 Å². The highest BCUT2D eigenvalue weighted by molar-refractivity contribution is 5.84. The molecule has 1 saturated heterocycles. The number of amides is 1. The first kappa shape index (κ1) is 18.5. The van der Waals surface area contributed by atoms with E-state index < -0.39 is 6.09 Å². The van der Waals surface area contributed by atoms with E-state index in [0.717, 1.165) is 44.9 Å². The summed E-state index contributed by atoms with van der Waals surface area (Å²) in [5.41, 5.74) is 0.459. The number of anilines is 1. The topological polar surface area (TPSA) is 62.8 Å². The zero-order valence-electron chi connectivity index (χ0n) is 14.9. The Hall–Kier alpha value is -1.79. The van der Waals surface area contributed by atoms with Crippen LogP contribution in [0, 0.1) is 0 Å². The lowest BCUT2D eigenvalue weighted by atomic mass is 10.0. The van der Waals surface area contributed by atoms with Crippen LogP contribution in [0.1, 0.15) is 27.2 Å². The fourth-order valence-corrected chi connectivity index (χ4v) is 2.62. The van der Waals surface area contributed by atoms with E-state index in [1.165, 1.54) is 0 Å². The number of hydrogen-bond acceptors (Lipinski definition) is 5. The van der Waals surface area contributed by atoms with Crippen molar-refractivity contribution in [1.82, 2.24) is 10.2 Å². The molecule has 1 aromatic carbocycles. The number of carbonyl (C=O) groups is 1. The van der Waals surface area contributed by atoms with Gasteiger partial charge in [-0.05, 0) is 51.5 Å². The third-order valence-corrected chi connectivity index (χ3v) is 4.01. The molecular weight excluding hydrogens is 306 g/mol. The second-order valence-electron chi connectivity index (χ2n) is 6.57. The first-order valence-electron chi connectivity index (χ1n) is 8.64. The van der Waals surface area contributed by atoms with Crippen molar-refractivity contribution in [3.05, 3.63) is 24.3 Å². The molecule has 1 amide bonds. The van der Waals surface area contributed by atoms with Gasteiger partial charge < -0.3 is 19.7 Å². The van der Waals surface area contributed by atoms with Gasteiger partial charge in [-0.15, -0.1) is 0 Å². The van der Waals surface area contributed by atoms with Crippen molar-refractivity contribution in [2.24, 2.45) is 0 Å². The van der Waals surface area contributed by atoms with Crippen LogP contribution >= 0.6 is 0 Å². The summed E-state index contributed by atoms with van der Waals surface area (Å²) in [6, 6.07) is 7.37. The smallest absolute Gasteiger partial charge is 0.411 e. The molecule has 0 unspecified atom stereocenters. The number of hydrogen-bond donors (Lipinski definition) is 2. The Morgan fingerprint density at radius 3 is 2.54 bits per heavy atom. The van der Waals surface area contributed by atoms with E-state index in [9.17, 15) is 4.79 Å². The van der Waals surface area contributed by atoms with Crippen LogP contribution in [-0.4, -0.2) is 55.9 Å². The minimum Gasteiger partial charge on any atom is -0.488 e. The monoisotopic (exact) mass is 335 g/mol. The molecule has 6 nitrogen and oxygen atoms in total. The maximum absolute atomic E-state index is 11.4. The molecule has 2 rings (SSSR count). The zero-order valence-corrected chi connectivity index (χ0v) is 14.9. The van der Waals surface area contributed by atoms with Gasteiger partial charge in [-0.2, -0.15) is 0 Å². The maximum atomic E-state index is 11.4. The second kappa shape index (κ2) is 8.89. The molecule has 0 atom stereocenters. The molecule has 0 aliphatic carbocycles. The van der Waals surface area contributed by atoms with E-state index in [1.54, 1.807) is 6.92 Å². The van der Waals surface area contributed by atoms with Crippen molar-refractivity contribution in [3.8, 4) is 5.75 Å². The van der Waals surface area contributed by atoms with E-state index in [-0.39, 0.29) is 5.60 Å². The van der Waals surface area contributed by atoms with Gasteiger partial charge in [0.2, 0.25) is 0 Å². The van der Waals surface area contributed by atoms with E-state index in [4.69, 9.17) is 9.47 Å². The average molecular weight is 335 g/mol. The maximum Gasteiger partial charge on any atom is 0.411 e. The van der Waals surface area contributed by atoms with Gasteiger partial charge in [-0.25, -0.2) is 4.79 Å². The van der Waals surface area contributed by atoms with Gasteiger partial charge in [0, 0.05) is 38.4 Å². The zero-order chi connectivity index (χ0) is 17.4. The molecule has 24 heavy (non-hydrogen) atoms. The Labute approximate surface area is 144 Å². The van der Waals surface area contributed by atoms with Gasteiger partial charge in [0.1, 0.15) is 11.4 Å². The Morgan fingerprint density at radius 1 is 1.25 bits per heavy atom. The number of ether oxygens (including phenoxy) is 2. The SMILES string of the molecule is CCOC(=O)Nc1ccc(OC(C)(C)CCN2CCNCC2)cc1. The normalized spacial score (nSPS) is 15.8. The highest BCUT2D eigenvalue weighted by atomic mass is 16.5. The molecule has 0 bridgehead atoms. The number of nitrogens with one attached hydrogen (secondary N) is 2. The van der Waals surface area contributed by atoms with Crippen LogP contribution in [0.4, 0.5) is 10.5 Å². The largest absolute Gasteiger partial charge is 0.488 e. The minimum absolute atomic E-state index is 0.235. The number of nitrogens with zero attached hydrogens (tertiary/aromatic N) is 1. The van der Waals surface area contributed by atoms with Crippen molar-refractivity contribution in [2.45, 2.75) is 32.8 Å². The second-order valence-corrected chi connectivity index (χ2v) is 6.57. The number of rotatable bonds is 7. The fourth-order valence-electron chi connectivity index (χ4n) is 2.62. The lowest BCUT2D eigenvalue weighted by molar-refractivity contribution is 0.0809. The molecule has 1 heterocycles. The molecule has 2 N–H and O–H groups in total. The highest BCUT2D eigenvalue weighted by Gasteiger charge is 2.22. The van der Waals surface area contributed by atoms with Gasteiger partial charge in [-0.1, -0.05) is 0 Å². The standard InChI is InChI=1S/C18H29N3O3/c1-4-23-17(22)20-15-5-7-16(8-6-15)24-18(2,3)9-12-21-13-10-19-11-14-21/h5-8,19H,4,9-14H2,1-3H3,(H,20,22). The van der Waals surface area contributed by atoms with Crippen molar-refractivity contribution >= 4 is 11.8 Å². The number of piperazine rings is 1. The predicted molar refractivity (Wildman–Crippen MR) is 95.7 cm³/mol. The molecule has 1 fully saturated rings. The Bertz CT molecular complexity index is 511. The highest BCUT2D eigenvalue weighted by Crippen LogP contribution is 2.23. The quantitative estimate of drug-likeness (QED) is 0.802. The van der Waals surface area contributed by atoms with Crippen molar-refractivity contribution in [1.29, 1.82) is 0 Å². The van der Waals surface area contributed by atoms with Crippen LogP contribution in [0.2, 0.25) is 0 Å². The summed E-state index contributed by atoms with van der Waals surface area (Å²) >= 11 is 0. The molecule has 6 heteroatoms. The van der Waals surface area contributed by atoms with Gasteiger partial charge in [0.15, 0.2) is 0 Å². The van der Waals surface area contributed by atoms with Crippen LogP contribution < -0.4 is 15.4 Å². The summed E-state index contributed by atoms with van der Waals surface area (Å²) < 4.78 is 11.0. The summed E-state index contributed by atoms with van der Waals surface area (Å²) in [5.74, 6) is 0.801. The van der Waals surface area contributed by atoms with E-state index in [0.29, 0.717) is 12.3 Å². The summed E-state index contributed by atoms with van der Waals surface area (Å²) in [7, 11) is 0. The third-order valence-electron chi connectivity index (χ3n) is 4.01. The predicted octanol–water partition coefficient (Wildman–Crippen LogP) is 2.71. The van der Waals surface area contributed by atoms with Crippen LogP contribution in [0.15, 0.2) is 24.3 Å². The first-order chi connectivity index (χ1) is 11.5. The van der Waals surface area contributed by atoms with Crippen LogP contribution in [0.25, 0.3) is 0 Å². The first-order valence-corrected chi connectivity index (χ1v) is 8.64. The van der Waals surface area contributed by atoms with Gasteiger partial charge in [0.05, 0.1) is 6.61 Å². The fraction of sp³-hybridized carbons (Fsp3) is 0.611. The molecule has 0 radical (unpaired) electrons. The molecule has 134 valence electrons.